The summed E-state index contributed by atoms with van der Waals surface area (Å²) < 4.78 is 81.0. The summed E-state index contributed by atoms with van der Waals surface area (Å²) in [5.74, 6) is 0.0968. The molecule has 4 aromatic heterocycles. The minimum absolute atomic E-state index is 0.0472. The molecule has 7 rings (SSSR count). The maximum Gasteiger partial charge on any atom is 0.325 e. The van der Waals surface area contributed by atoms with E-state index in [4.69, 9.17) is 58.4 Å². The monoisotopic (exact) mass is 672 g/mol. The van der Waals surface area contributed by atoms with E-state index in [1.165, 1.54) is 21.8 Å². The Hall–Kier alpha value is -2.78. The van der Waals surface area contributed by atoms with Crippen molar-refractivity contribution >= 4 is 67.5 Å². The lowest BCUT2D eigenvalue weighted by Gasteiger charge is -2.29. The largest absolute Gasteiger partial charge is 0.382 e. The van der Waals surface area contributed by atoms with E-state index in [0.29, 0.717) is 0 Å². The maximum atomic E-state index is 16.0. The van der Waals surface area contributed by atoms with Crippen LogP contribution in [0.4, 0.5) is 20.4 Å². The first-order valence-electron chi connectivity index (χ1n) is 12.7. The van der Waals surface area contributed by atoms with E-state index in [9.17, 15) is 9.46 Å². The predicted octanol–water partition coefficient (Wildman–Crippen LogP) is 0.612. The molecule has 3 saturated heterocycles. The van der Waals surface area contributed by atoms with Crippen LogP contribution >= 0.6 is 14.2 Å². The van der Waals surface area contributed by atoms with Crippen LogP contribution in [0.2, 0.25) is 0 Å². The van der Waals surface area contributed by atoms with E-state index in [-0.39, 0.29) is 34.0 Å². The van der Waals surface area contributed by atoms with Gasteiger partial charge in [0.05, 0.1) is 25.9 Å². The van der Waals surface area contributed by atoms with Crippen LogP contribution in [-0.4, -0.2) is 101 Å². The lowest BCUT2D eigenvalue weighted by molar-refractivity contribution is -0.0566. The van der Waals surface area contributed by atoms with E-state index in [2.05, 4.69) is 29.9 Å². The summed E-state index contributed by atoms with van der Waals surface area (Å²) in [6, 6.07) is 0. The normalized spacial score (nSPS) is 38.2. The minimum Gasteiger partial charge on any atom is -0.382 e. The Morgan fingerprint density at radius 1 is 0.841 bits per heavy atom. The number of hydrogen-bond donors (Lipinski definition) is 3. The van der Waals surface area contributed by atoms with Crippen LogP contribution in [0.3, 0.4) is 0 Å². The third-order valence-corrected chi connectivity index (χ3v) is 9.81. The summed E-state index contributed by atoms with van der Waals surface area (Å²) >= 11 is 5.14. The summed E-state index contributed by atoms with van der Waals surface area (Å²) in [7, 11) is 1.26. The first-order valence-corrected chi connectivity index (χ1v) is 16.9. The molecule has 232 valence electrons. The van der Waals surface area contributed by atoms with Crippen molar-refractivity contribution < 1.29 is 45.8 Å². The molecule has 0 amide bonds. The fourth-order valence-electron chi connectivity index (χ4n) is 5.20. The molecule has 0 bridgehead atoms. The third-order valence-electron chi connectivity index (χ3n) is 7.20. The zero-order valence-electron chi connectivity index (χ0n) is 22.0. The van der Waals surface area contributed by atoms with Gasteiger partial charge in [0.2, 0.25) is 7.57 Å². The van der Waals surface area contributed by atoms with Gasteiger partial charge in [0.15, 0.2) is 47.7 Å². The van der Waals surface area contributed by atoms with E-state index in [1.54, 1.807) is 0 Å². The Bertz CT molecular complexity index is 1710. The molecular weight excluding hydrogens is 651 g/mol. The van der Waals surface area contributed by atoms with Crippen molar-refractivity contribution in [2.45, 2.75) is 49.2 Å². The maximum absolute atomic E-state index is 16.0. The fraction of sp³-hybridized carbons (Fsp3) is 0.500. The highest BCUT2D eigenvalue weighted by Gasteiger charge is 2.53. The lowest BCUT2D eigenvalue weighted by atomic mass is 10.1. The molecule has 3 aliphatic heterocycles. The lowest BCUT2D eigenvalue weighted by Crippen LogP contribution is -2.37. The fourth-order valence-corrected chi connectivity index (χ4v) is 7.64. The molecule has 0 saturated carbocycles. The van der Waals surface area contributed by atoms with E-state index in [1.807, 2.05) is 0 Å². The molecule has 2 radical (unpaired) electrons. The van der Waals surface area contributed by atoms with E-state index in [0.717, 1.165) is 12.7 Å². The SMILES string of the molecule is [B]P1(=O)OC[C@H]2O[C@@H](n3cnc4c(N)ncnc43)C(F)[C@H]2OP(O)(=S)OC[C@H]2O[C@@H](n3cnc4c(N)ncnc43)[C@@H](F)C2O1. The van der Waals surface area contributed by atoms with Crippen LogP contribution < -0.4 is 11.5 Å². The highest BCUT2D eigenvalue weighted by atomic mass is 32.5. The number of alkyl halides is 2. The molecule has 44 heavy (non-hydrogen) atoms. The predicted molar refractivity (Wildman–Crippen MR) is 149 cm³/mol. The summed E-state index contributed by atoms with van der Waals surface area (Å²) in [6.07, 6.45) is -8.19. The number of rotatable bonds is 2. The summed E-state index contributed by atoms with van der Waals surface area (Å²) in [4.78, 5) is 34.9. The highest BCUT2D eigenvalue weighted by Crippen LogP contribution is 2.54. The third kappa shape index (κ3) is 5.18. The van der Waals surface area contributed by atoms with Crippen molar-refractivity contribution in [1.82, 2.24) is 39.0 Å². The minimum atomic E-state index is -4.57. The van der Waals surface area contributed by atoms with Gasteiger partial charge in [0, 0.05) is 0 Å². The second-order valence-electron chi connectivity index (χ2n) is 9.92. The Morgan fingerprint density at radius 3 is 1.84 bits per heavy atom. The Balaban J connectivity index is 1.17. The topological polar surface area (TPSA) is 232 Å². The van der Waals surface area contributed by atoms with Crippen molar-refractivity contribution in [3.8, 4) is 0 Å². The number of anilines is 2. The van der Waals surface area contributed by atoms with Crippen LogP contribution in [0.15, 0.2) is 25.3 Å². The number of nitrogens with zero attached hydrogens (tertiary/aromatic N) is 8. The molecule has 7 heterocycles. The van der Waals surface area contributed by atoms with Gasteiger partial charge in [-0.15, -0.1) is 0 Å². The molecule has 0 aliphatic carbocycles. The zero-order valence-corrected chi connectivity index (χ0v) is 24.6. The van der Waals surface area contributed by atoms with Crippen LogP contribution in [0, 0.1) is 0 Å². The van der Waals surface area contributed by atoms with Crippen molar-refractivity contribution in [1.29, 1.82) is 0 Å². The van der Waals surface area contributed by atoms with E-state index >= 15 is 8.78 Å². The summed E-state index contributed by atoms with van der Waals surface area (Å²) in [6.45, 7) is -5.58. The molecule has 0 spiro atoms. The number of nitrogens with two attached hydrogens (primary N) is 2. The second-order valence-corrected chi connectivity index (χ2v) is 14.3. The van der Waals surface area contributed by atoms with Crippen LogP contribution in [-0.2, 0) is 43.9 Å². The molecule has 3 fully saturated rings. The number of fused-ring (bicyclic) bond motifs is 4. The van der Waals surface area contributed by atoms with Crippen LogP contribution in [0.5, 0.6) is 0 Å². The van der Waals surface area contributed by atoms with Crippen LogP contribution in [0.1, 0.15) is 12.5 Å². The summed E-state index contributed by atoms with van der Waals surface area (Å²) in [5, 5.41) is 0. The first-order chi connectivity index (χ1) is 20.9. The average Bonchev–Trinajstić information content (AvgIpc) is 3.73. The smallest absolute Gasteiger partial charge is 0.325 e. The quantitative estimate of drug-likeness (QED) is 0.196. The molecule has 24 heteroatoms. The van der Waals surface area contributed by atoms with Crippen molar-refractivity contribution in [3.63, 3.8) is 0 Å². The van der Waals surface area contributed by atoms with Gasteiger partial charge in [-0.05, 0) is 11.8 Å². The van der Waals surface area contributed by atoms with Gasteiger partial charge in [-0.1, -0.05) is 0 Å². The molecule has 3 aliphatic rings. The van der Waals surface area contributed by atoms with Gasteiger partial charge in [-0.2, -0.15) is 0 Å². The molecule has 18 nitrogen and oxygen atoms in total. The van der Waals surface area contributed by atoms with Crippen LogP contribution in [0.25, 0.3) is 22.3 Å². The average molecular weight is 672 g/mol. The number of nitrogen functional groups attached to an aromatic ring is 2. The number of aromatic nitrogens is 8. The number of hydrogen-bond acceptors (Lipinski definition) is 16. The molecule has 4 unspecified atom stereocenters. The number of imidazole rings is 2. The van der Waals surface area contributed by atoms with Gasteiger partial charge in [0.1, 0.15) is 48.1 Å². The molecule has 10 atom stereocenters. The number of halogens is 2. The van der Waals surface area contributed by atoms with Gasteiger partial charge in [0.25, 0.3) is 7.47 Å². The standard InChI is InChI=1S/C20H21BF2N10O8P2S/c21-42(34)36-1-7-14(10(23)20(38-7)33-6-31-12-16(25)27-4-29-18(12)33)41-43(35,44)37-2-8-13(40-42)9(22)19(39-8)32-5-30-11-15(24)26-3-28-17(11)32/h3-10,13-14,19-20H,1-2H2,(H,35,44)(H2,24,26,28)(H2,25,27,29)/t7-,8-,9+,10?,13?,14+,19-,20-,42?,43?/m1/s1. The second kappa shape index (κ2) is 10.9. The first kappa shape index (κ1) is 29.9. The highest BCUT2D eigenvalue weighted by molar-refractivity contribution is 8.07. The summed E-state index contributed by atoms with van der Waals surface area (Å²) in [5.41, 5.74) is 12.3. The van der Waals surface area contributed by atoms with Gasteiger partial charge >= 0.3 is 6.72 Å². The Kier molecular flexibility index (Phi) is 7.43. The molecule has 0 aromatic carbocycles. The van der Waals surface area contributed by atoms with Crippen molar-refractivity contribution in [2.75, 3.05) is 24.7 Å². The van der Waals surface area contributed by atoms with Gasteiger partial charge < -0.3 is 39.4 Å². The Morgan fingerprint density at radius 2 is 1.32 bits per heavy atom. The van der Waals surface area contributed by atoms with Crippen molar-refractivity contribution in [2.24, 2.45) is 0 Å². The van der Waals surface area contributed by atoms with E-state index < -0.39 is 76.6 Å². The Labute approximate surface area is 251 Å². The molecular formula is C20H21BF2N10O8P2S. The van der Waals surface area contributed by atoms with Crippen molar-refractivity contribution in [3.05, 3.63) is 25.3 Å². The van der Waals surface area contributed by atoms with Gasteiger partial charge in [-0.25, -0.2) is 38.7 Å². The molecule has 5 N–H and O–H groups in total. The number of ether oxygens (including phenoxy) is 2. The zero-order chi connectivity index (χ0) is 31.0. The van der Waals surface area contributed by atoms with Gasteiger partial charge in [-0.3, -0.25) is 18.2 Å². The molecule has 4 aromatic rings.